The van der Waals surface area contributed by atoms with Crippen LogP contribution in [-0.4, -0.2) is 15.0 Å². The van der Waals surface area contributed by atoms with Crippen molar-refractivity contribution in [3.8, 4) is 0 Å². The minimum Gasteiger partial charge on any atom is -0.361 e. The van der Waals surface area contributed by atoms with Gasteiger partial charge in [0.05, 0.1) is 6.04 Å². The molecule has 5 heteroatoms. The third kappa shape index (κ3) is 3.50. The summed E-state index contributed by atoms with van der Waals surface area (Å²) in [4.78, 5) is 13.4. The number of nitrogens with zero attached hydrogens (tertiary/aromatic N) is 3. The van der Waals surface area contributed by atoms with Crippen molar-refractivity contribution in [2.45, 2.75) is 46.1 Å². The lowest BCUT2D eigenvalue weighted by molar-refractivity contribution is 0.723. The van der Waals surface area contributed by atoms with Crippen LogP contribution in [0.15, 0.2) is 17.6 Å². The highest BCUT2D eigenvalue weighted by molar-refractivity contribution is 7.09. The van der Waals surface area contributed by atoms with Gasteiger partial charge in [0.1, 0.15) is 16.6 Å². The van der Waals surface area contributed by atoms with Crippen LogP contribution in [0.4, 0.5) is 5.82 Å². The van der Waals surface area contributed by atoms with Gasteiger partial charge in [-0.05, 0) is 13.3 Å². The number of rotatable bonds is 5. The molecule has 0 radical (unpaired) electrons. The van der Waals surface area contributed by atoms with Crippen molar-refractivity contribution < 1.29 is 0 Å². The lowest BCUT2D eigenvalue weighted by atomic mass is 10.2. The zero-order valence-electron chi connectivity index (χ0n) is 11.8. The first-order valence-electron chi connectivity index (χ1n) is 6.61. The van der Waals surface area contributed by atoms with Crippen LogP contribution in [0.1, 0.15) is 55.7 Å². The van der Waals surface area contributed by atoms with Gasteiger partial charge in [0.15, 0.2) is 0 Å². The molecule has 0 aliphatic heterocycles. The van der Waals surface area contributed by atoms with Gasteiger partial charge in [-0.15, -0.1) is 11.3 Å². The van der Waals surface area contributed by atoms with Crippen molar-refractivity contribution >= 4 is 17.2 Å². The Morgan fingerprint density at radius 2 is 2.11 bits per heavy atom. The van der Waals surface area contributed by atoms with Crippen LogP contribution in [-0.2, 0) is 0 Å². The molecule has 2 aromatic heterocycles. The Morgan fingerprint density at radius 1 is 1.32 bits per heavy atom. The topological polar surface area (TPSA) is 50.7 Å². The summed E-state index contributed by atoms with van der Waals surface area (Å²) in [6.45, 7) is 8.37. The van der Waals surface area contributed by atoms with Gasteiger partial charge in [0.2, 0.25) is 0 Å². The third-order valence-corrected chi connectivity index (χ3v) is 3.76. The third-order valence-electron chi connectivity index (χ3n) is 2.87. The summed E-state index contributed by atoms with van der Waals surface area (Å²) >= 11 is 1.67. The molecule has 0 aromatic carbocycles. The summed E-state index contributed by atoms with van der Waals surface area (Å²) in [5.41, 5.74) is 0.996. The lowest BCUT2D eigenvalue weighted by Crippen LogP contribution is -2.12. The molecule has 2 heterocycles. The predicted molar refractivity (Wildman–Crippen MR) is 79.6 cm³/mol. The molecule has 2 rings (SSSR count). The zero-order chi connectivity index (χ0) is 13.8. The number of aryl methyl sites for hydroxylation is 1. The van der Waals surface area contributed by atoms with E-state index < -0.39 is 0 Å². The highest BCUT2D eigenvalue weighted by Crippen LogP contribution is 2.24. The molecule has 0 fully saturated rings. The summed E-state index contributed by atoms with van der Waals surface area (Å²) in [5, 5.41) is 6.57. The predicted octanol–water partition coefficient (Wildman–Crippen LogP) is 3.93. The molecule has 1 atom stereocenters. The van der Waals surface area contributed by atoms with Crippen molar-refractivity contribution in [1.82, 2.24) is 15.0 Å². The van der Waals surface area contributed by atoms with E-state index in [0.717, 1.165) is 28.8 Å². The van der Waals surface area contributed by atoms with Crippen LogP contribution in [0.3, 0.4) is 0 Å². The van der Waals surface area contributed by atoms with Gasteiger partial charge < -0.3 is 5.32 Å². The molecule has 0 saturated carbocycles. The second kappa shape index (κ2) is 6.10. The van der Waals surface area contributed by atoms with E-state index in [1.165, 1.54) is 0 Å². The summed E-state index contributed by atoms with van der Waals surface area (Å²) in [6.07, 6.45) is 2.82. The first kappa shape index (κ1) is 13.9. The Hall–Kier alpha value is -1.49. The number of thiazole rings is 1. The van der Waals surface area contributed by atoms with E-state index >= 15 is 0 Å². The van der Waals surface area contributed by atoms with E-state index in [0.29, 0.717) is 5.92 Å². The van der Waals surface area contributed by atoms with Crippen LogP contribution < -0.4 is 5.32 Å². The minimum absolute atomic E-state index is 0.217. The lowest BCUT2D eigenvalue weighted by Gasteiger charge is -2.16. The molecule has 0 aliphatic carbocycles. The van der Waals surface area contributed by atoms with Crippen LogP contribution in [0.5, 0.6) is 0 Å². The summed E-state index contributed by atoms with van der Waals surface area (Å²) in [6, 6.07) is 2.21. The summed E-state index contributed by atoms with van der Waals surface area (Å²) in [7, 11) is 0. The standard InChI is InChI=1S/C14H20N4S/c1-5-11(14-15-6-7-19-14)17-12-8-10(4)16-13(18-12)9(2)3/h6-9,11H,5H2,1-4H3,(H,16,17,18). The molecule has 19 heavy (non-hydrogen) atoms. The van der Waals surface area contributed by atoms with Crippen molar-refractivity contribution in [3.63, 3.8) is 0 Å². The van der Waals surface area contributed by atoms with E-state index in [1.807, 2.05) is 24.6 Å². The second-order valence-electron chi connectivity index (χ2n) is 4.88. The Morgan fingerprint density at radius 3 is 2.68 bits per heavy atom. The second-order valence-corrected chi connectivity index (χ2v) is 5.81. The number of nitrogens with one attached hydrogen (secondary N) is 1. The maximum Gasteiger partial charge on any atom is 0.133 e. The normalized spacial score (nSPS) is 12.7. The number of anilines is 1. The van der Waals surface area contributed by atoms with Crippen molar-refractivity contribution in [1.29, 1.82) is 0 Å². The molecule has 1 unspecified atom stereocenters. The van der Waals surface area contributed by atoms with E-state index in [9.17, 15) is 0 Å². The van der Waals surface area contributed by atoms with E-state index in [4.69, 9.17) is 0 Å². The number of hydrogen-bond donors (Lipinski definition) is 1. The first-order valence-corrected chi connectivity index (χ1v) is 7.49. The van der Waals surface area contributed by atoms with Gasteiger partial charge in [0.25, 0.3) is 0 Å². The molecule has 4 nitrogen and oxygen atoms in total. The van der Waals surface area contributed by atoms with E-state index in [1.54, 1.807) is 11.3 Å². The maximum atomic E-state index is 4.59. The molecule has 0 amide bonds. The Kier molecular flexibility index (Phi) is 4.47. The Labute approximate surface area is 118 Å². The smallest absolute Gasteiger partial charge is 0.133 e. The largest absolute Gasteiger partial charge is 0.361 e. The molecule has 0 saturated heterocycles. The molecule has 2 aromatic rings. The van der Waals surface area contributed by atoms with Crippen molar-refractivity contribution in [3.05, 3.63) is 34.2 Å². The number of hydrogen-bond acceptors (Lipinski definition) is 5. The molecule has 102 valence electrons. The molecule has 0 aliphatic rings. The Balaban J connectivity index is 2.22. The highest BCUT2D eigenvalue weighted by Gasteiger charge is 2.14. The van der Waals surface area contributed by atoms with Gasteiger partial charge in [-0.1, -0.05) is 20.8 Å². The quantitative estimate of drug-likeness (QED) is 0.899. The summed E-state index contributed by atoms with van der Waals surface area (Å²) < 4.78 is 0. The van der Waals surface area contributed by atoms with Crippen LogP contribution >= 0.6 is 11.3 Å². The highest BCUT2D eigenvalue weighted by atomic mass is 32.1. The molecule has 0 bridgehead atoms. The Bertz CT molecular complexity index is 522. The van der Waals surface area contributed by atoms with Crippen LogP contribution in [0.2, 0.25) is 0 Å². The summed E-state index contributed by atoms with van der Waals surface area (Å²) in [5.74, 6) is 2.11. The van der Waals surface area contributed by atoms with Gasteiger partial charge in [-0.3, -0.25) is 0 Å². The molecule has 1 N–H and O–H groups in total. The monoisotopic (exact) mass is 276 g/mol. The minimum atomic E-state index is 0.217. The average molecular weight is 276 g/mol. The molecule has 0 spiro atoms. The molecular formula is C14H20N4S. The average Bonchev–Trinajstić information content (AvgIpc) is 2.89. The van der Waals surface area contributed by atoms with E-state index in [2.05, 4.69) is 41.0 Å². The van der Waals surface area contributed by atoms with Gasteiger partial charge >= 0.3 is 0 Å². The maximum absolute atomic E-state index is 4.59. The van der Waals surface area contributed by atoms with Gasteiger partial charge in [-0.2, -0.15) is 0 Å². The van der Waals surface area contributed by atoms with Gasteiger partial charge in [-0.25, -0.2) is 15.0 Å². The fraction of sp³-hybridized carbons (Fsp3) is 0.500. The van der Waals surface area contributed by atoms with Crippen molar-refractivity contribution in [2.24, 2.45) is 0 Å². The SMILES string of the molecule is CCC(Nc1cc(C)nc(C(C)C)n1)c1nccs1. The fourth-order valence-corrected chi connectivity index (χ4v) is 2.62. The van der Waals surface area contributed by atoms with Crippen LogP contribution in [0.25, 0.3) is 0 Å². The first-order chi connectivity index (χ1) is 9.10. The van der Waals surface area contributed by atoms with Gasteiger partial charge in [0, 0.05) is 29.3 Å². The zero-order valence-corrected chi connectivity index (χ0v) is 12.7. The van der Waals surface area contributed by atoms with Crippen molar-refractivity contribution in [2.75, 3.05) is 5.32 Å². The fourth-order valence-electron chi connectivity index (χ4n) is 1.85. The van der Waals surface area contributed by atoms with Crippen LogP contribution in [0, 0.1) is 6.92 Å². The van der Waals surface area contributed by atoms with E-state index in [-0.39, 0.29) is 6.04 Å². The number of aromatic nitrogens is 3. The molecular weight excluding hydrogens is 256 g/mol.